The Morgan fingerprint density at radius 2 is 1.64 bits per heavy atom. The second-order valence-electron chi connectivity index (χ2n) is 5.75. The van der Waals surface area contributed by atoms with E-state index in [1.807, 2.05) is 37.3 Å². The molecule has 0 unspecified atom stereocenters. The maximum atomic E-state index is 11.9. The molecule has 25 heavy (non-hydrogen) atoms. The second-order valence-corrected chi connectivity index (χ2v) is 7.67. The van der Waals surface area contributed by atoms with Gasteiger partial charge >= 0.3 is 6.03 Å². The van der Waals surface area contributed by atoms with Crippen LogP contribution in [0.25, 0.3) is 0 Å². The van der Waals surface area contributed by atoms with Gasteiger partial charge in [0.25, 0.3) is 0 Å². The predicted octanol–water partition coefficient (Wildman–Crippen LogP) is 2.04. The first-order valence-electron chi connectivity index (χ1n) is 7.95. The molecule has 0 aliphatic carbocycles. The molecule has 0 aliphatic rings. The molecule has 0 atom stereocenters. The maximum absolute atomic E-state index is 11.9. The molecule has 7 heteroatoms. The van der Waals surface area contributed by atoms with E-state index in [1.54, 1.807) is 18.2 Å². The Morgan fingerprint density at radius 1 is 0.960 bits per heavy atom. The standard InChI is InChI=1S/C18H23N3O3S/c1-14-6-3-4-9-17(14)12-21-18(22)20-11-15-7-5-8-16(10-15)13-25(23,24)19-2/h3-10,19H,11-13H2,1-2H3,(H2,20,21,22). The lowest BCUT2D eigenvalue weighted by Gasteiger charge is -2.10. The van der Waals surface area contributed by atoms with Crippen LogP contribution in [0.2, 0.25) is 0 Å². The summed E-state index contributed by atoms with van der Waals surface area (Å²) in [6.07, 6.45) is 0. The number of aryl methyl sites for hydroxylation is 1. The third-order valence-corrected chi connectivity index (χ3v) is 5.15. The Hall–Kier alpha value is -2.38. The largest absolute Gasteiger partial charge is 0.334 e. The Balaban J connectivity index is 1.86. The van der Waals surface area contributed by atoms with Crippen molar-refractivity contribution in [2.24, 2.45) is 0 Å². The van der Waals surface area contributed by atoms with Crippen molar-refractivity contribution in [2.75, 3.05) is 7.05 Å². The average molecular weight is 361 g/mol. The van der Waals surface area contributed by atoms with Crippen molar-refractivity contribution in [1.29, 1.82) is 0 Å². The van der Waals surface area contributed by atoms with Crippen molar-refractivity contribution >= 4 is 16.1 Å². The second kappa shape index (κ2) is 8.64. The topological polar surface area (TPSA) is 87.3 Å². The van der Waals surface area contributed by atoms with E-state index in [2.05, 4.69) is 15.4 Å². The highest BCUT2D eigenvalue weighted by molar-refractivity contribution is 7.88. The predicted molar refractivity (Wildman–Crippen MR) is 98.4 cm³/mol. The normalized spacial score (nSPS) is 11.1. The molecular formula is C18H23N3O3S. The molecule has 2 aromatic carbocycles. The number of amides is 2. The van der Waals surface area contributed by atoms with Crippen molar-refractivity contribution in [3.05, 3.63) is 70.8 Å². The third-order valence-electron chi connectivity index (χ3n) is 3.81. The van der Waals surface area contributed by atoms with Gasteiger partial charge in [-0.1, -0.05) is 48.5 Å². The summed E-state index contributed by atoms with van der Waals surface area (Å²) in [7, 11) is -1.93. The van der Waals surface area contributed by atoms with Crippen molar-refractivity contribution in [1.82, 2.24) is 15.4 Å². The minimum absolute atomic E-state index is 0.0865. The van der Waals surface area contributed by atoms with Gasteiger partial charge in [0, 0.05) is 13.1 Å². The van der Waals surface area contributed by atoms with Crippen molar-refractivity contribution < 1.29 is 13.2 Å². The highest BCUT2D eigenvalue weighted by atomic mass is 32.2. The maximum Gasteiger partial charge on any atom is 0.315 e. The number of carbonyl (C=O) groups is 1. The molecule has 2 rings (SSSR count). The molecule has 2 aromatic rings. The van der Waals surface area contributed by atoms with Crippen LogP contribution < -0.4 is 15.4 Å². The average Bonchev–Trinajstić information content (AvgIpc) is 2.59. The van der Waals surface area contributed by atoms with Crippen LogP contribution in [-0.4, -0.2) is 21.5 Å². The highest BCUT2D eigenvalue weighted by Gasteiger charge is 2.09. The lowest BCUT2D eigenvalue weighted by atomic mass is 10.1. The summed E-state index contributed by atoms with van der Waals surface area (Å²) in [4.78, 5) is 11.9. The first-order chi connectivity index (χ1) is 11.9. The number of hydrogen-bond donors (Lipinski definition) is 3. The monoisotopic (exact) mass is 361 g/mol. The van der Waals surface area contributed by atoms with Crippen molar-refractivity contribution in [3.63, 3.8) is 0 Å². The van der Waals surface area contributed by atoms with Gasteiger partial charge < -0.3 is 10.6 Å². The van der Waals surface area contributed by atoms with Gasteiger partial charge in [0.1, 0.15) is 0 Å². The van der Waals surface area contributed by atoms with Gasteiger partial charge in [-0.25, -0.2) is 17.9 Å². The zero-order chi connectivity index (χ0) is 18.3. The molecule has 2 amide bonds. The minimum atomic E-state index is -3.31. The van der Waals surface area contributed by atoms with Crippen LogP contribution in [0.4, 0.5) is 4.79 Å². The molecule has 0 aliphatic heterocycles. The number of carbonyl (C=O) groups excluding carboxylic acids is 1. The van der Waals surface area contributed by atoms with Crippen LogP contribution in [0.1, 0.15) is 22.3 Å². The lowest BCUT2D eigenvalue weighted by Crippen LogP contribution is -2.34. The summed E-state index contributed by atoms with van der Waals surface area (Å²) in [6, 6.07) is 14.7. The number of nitrogens with one attached hydrogen (secondary N) is 3. The summed E-state index contributed by atoms with van der Waals surface area (Å²) in [5.41, 5.74) is 3.71. The lowest BCUT2D eigenvalue weighted by molar-refractivity contribution is 0.240. The van der Waals surface area contributed by atoms with E-state index in [9.17, 15) is 13.2 Å². The molecule has 0 spiro atoms. The Labute approximate surface area is 148 Å². The molecular weight excluding hydrogens is 338 g/mol. The van der Waals surface area contributed by atoms with E-state index >= 15 is 0 Å². The van der Waals surface area contributed by atoms with Crippen molar-refractivity contribution in [2.45, 2.75) is 25.8 Å². The van der Waals surface area contributed by atoms with Crippen LogP contribution in [0.3, 0.4) is 0 Å². The van der Waals surface area contributed by atoms with Crippen molar-refractivity contribution in [3.8, 4) is 0 Å². The third kappa shape index (κ3) is 6.21. The molecule has 0 saturated carbocycles. The van der Waals surface area contributed by atoms with Gasteiger partial charge in [-0.2, -0.15) is 0 Å². The van der Waals surface area contributed by atoms with E-state index < -0.39 is 10.0 Å². The van der Waals surface area contributed by atoms with Crippen LogP contribution in [0.5, 0.6) is 0 Å². The fraction of sp³-hybridized carbons (Fsp3) is 0.278. The van der Waals surface area contributed by atoms with Gasteiger partial charge in [-0.15, -0.1) is 0 Å². The molecule has 6 nitrogen and oxygen atoms in total. The number of urea groups is 1. The van der Waals surface area contributed by atoms with E-state index in [4.69, 9.17) is 0 Å². The molecule has 0 saturated heterocycles. The van der Waals surface area contributed by atoms with Crippen LogP contribution >= 0.6 is 0 Å². The Kier molecular flexibility index (Phi) is 6.55. The van der Waals surface area contributed by atoms with Crippen LogP contribution in [-0.2, 0) is 28.9 Å². The molecule has 0 radical (unpaired) electrons. The van der Waals surface area contributed by atoms with Gasteiger partial charge in [0.2, 0.25) is 10.0 Å². The van der Waals surface area contributed by atoms with Gasteiger partial charge in [-0.3, -0.25) is 0 Å². The zero-order valence-electron chi connectivity index (χ0n) is 14.4. The molecule has 0 aromatic heterocycles. The van der Waals surface area contributed by atoms with Gasteiger partial charge in [0.15, 0.2) is 0 Å². The van der Waals surface area contributed by atoms with E-state index in [1.165, 1.54) is 7.05 Å². The van der Waals surface area contributed by atoms with Crippen LogP contribution in [0.15, 0.2) is 48.5 Å². The summed E-state index contributed by atoms with van der Waals surface area (Å²) in [5.74, 6) is -0.0865. The first kappa shape index (κ1) is 19.0. The molecule has 134 valence electrons. The summed E-state index contributed by atoms with van der Waals surface area (Å²) in [5, 5.41) is 5.59. The molecule has 0 heterocycles. The van der Waals surface area contributed by atoms with E-state index in [0.29, 0.717) is 18.7 Å². The number of hydrogen-bond acceptors (Lipinski definition) is 3. The molecule has 3 N–H and O–H groups in total. The van der Waals surface area contributed by atoms with E-state index in [-0.39, 0.29) is 11.8 Å². The SMILES string of the molecule is CNS(=O)(=O)Cc1cccc(CNC(=O)NCc2ccccc2C)c1. The molecule has 0 bridgehead atoms. The quantitative estimate of drug-likeness (QED) is 0.705. The zero-order valence-corrected chi connectivity index (χ0v) is 15.2. The molecule has 0 fully saturated rings. The highest BCUT2D eigenvalue weighted by Crippen LogP contribution is 2.09. The first-order valence-corrected chi connectivity index (χ1v) is 9.60. The number of rotatable bonds is 7. The minimum Gasteiger partial charge on any atom is -0.334 e. The number of sulfonamides is 1. The Morgan fingerprint density at radius 3 is 2.36 bits per heavy atom. The smallest absolute Gasteiger partial charge is 0.315 e. The van der Waals surface area contributed by atoms with Crippen LogP contribution in [0, 0.1) is 6.92 Å². The summed E-state index contributed by atoms with van der Waals surface area (Å²) < 4.78 is 25.5. The summed E-state index contributed by atoms with van der Waals surface area (Å²) >= 11 is 0. The Bertz CT molecular complexity index is 835. The summed E-state index contributed by atoms with van der Waals surface area (Å²) in [6.45, 7) is 2.78. The fourth-order valence-corrected chi connectivity index (χ4v) is 3.11. The fourth-order valence-electron chi connectivity index (χ4n) is 2.35. The van der Waals surface area contributed by atoms with E-state index in [0.717, 1.165) is 16.7 Å². The number of benzene rings is 2. The van der Waals surface area contributed by atoms with Gasteiger partial charge in [-0.05, 0) is 36.2 Å². The van der Waals surface area contributed by atoms with Gasteiger partial charge in [0.05, 0.1) is 5.75 Å².